The number of thiazole rings is 1. The Morgan fingerprint density at radius 3 is 2.69 bits per heavy atom. The van der Waals surface area contributed by atoms with Crippen molar-refractivity contribution >= 4 is 51.3 Å². The van der Waals surface area contributed by atoms with Crippen molar-refractivity contribution in [2.45, 2.75) is 52.1 Å². The number of rotatable bonds is 2. The first-order chi connectivity index (χ1) is 13.8. The Labute approximate surface area is 185 Å². The molecule has 0 radical (unpaired) electrons. The third kappa shape index (κ3) is 3.00. The number of carbonyl (C=O) groups is 1. The Kier molecular flexibility index (Phi) is 4.65. The molecule has 1 saturated heterocycles. The van der Waals surface area contributed by atoms with Gasteiger partial charge < -0.3 is 10.1 Å². The van der Waals surface area contributed by atoms with E-state index in [0.29, 0.717) is 27.6 Å². The Morgan fingerprint density at radius 1 is 1.24 bits per heavy atom. The highest BCUT2D eigenvalue weighted by atomic mass is 35.5. The molecule has 1 saturated carbocycles. The van der Waals surface area contributed by atoms with Crippen molar-refractivity contribution in [1.82, 2.24) is 4.98 Å². The van der Waals surface area contributed by atoms with Gasteiger partial charge in [-0.25, -0.2) is 4.98 Å². The van der Waals surface area contributed by atoms with Crippen molar-refractivity contribution < 1.29 is 9.53 Å². The van der Waals surface area contributed by atoms with Crippen molar-refractivity contribution in [1.29, 1.82) is 0 Å². The average molecular weight is 451 g/mol. The number of carbonyl (C=O) groups excluding carboxylic acids is 1. The number of nitrogens with one attached hydrogen (secondary N) is 1. The first-order valence-corrected chi connectivity index (χ1v) is 11.8. The van der Waals surface area contributed by atoms with E-state index in [9.17, 15) is 4.79 Å². The number of fused-ring (bicyclic) bond motifs is 4. The Bertz CT molecular complexity index is 973. The predicted molar refractivity (Wildman–Crippen MR) is 117 cm³/mol. The van der Waals surface area contributed by atoms with Crippen molar-refractivity contribution in [3.05, 3.63) is 38.8 Å². The fourth-order valence-corrected chi connectivity index (χ4v) is 7.62. The summed E-state index contributed by atoms with van der Waals surface area (Å²) in [5.41, 5.74) is 1.94. The van der Waals surface area contributed by atoms with Crippen LogP contribution in [0.3, 0.4) is 0 Å². The Balaban J connectivity index is 1.49. The van der Waals surface area contributed by atoms with Crippen LogP contribution >= 0.6 is 34.5 Å². The number of ether oxygens (including phenoxy) is 1. The van der Waals surface area contributed by atoms with Gasteiger partial charge in [-0.1, -0.05) is 50.0 Å². The molecular formula is C22H24Cl2N2O2S. The van der Waals surface area contributed by atoms with E-state index in [0.717, 1.165) is 30.1 Å². The molecule has 2 fully saturated rings. The molecule has 2 heterocycles. The molecule has 1 aliphatic heterocycles. The van der Waals surface area contributed by atoms with Crippen molar-refractivity contribution in [3.63, 3.8) is 0 Å². The van der Waals surface area contributed by atoms with Gasteiger partial charge in [-0.3, -0.25) is 4.79 Å². The molecule has 29 heavy (non-hydrogen) atoms. The van der Waals surface area contributed by atoms with E-state index in [2.05, 4.69) is 19.2 Å². The summed E-state index contributed by atoms with van der Waals surface area (Å²) in [6.07, 6.45) is 3.17. The maximum Gasteiger partial charge on any atom is 0.309 e. The minimum absolute atomic E-state index is 0.00757. The second kappa shape index (κ2) is 6.86. The molecule has 0 unspecified atom stereocenters. The van der Waals surface area contributed by atoms with Crippen LogP contribution in [0.4, 0.5) is 10.8 Å². The highest BCUT2D eigenvalue weighted by Gasteiger charge is 2.58. The van der Waals surface area contributed by atoms with Gasteiger partial charge in [0.15, 0.2) is 5.13 Å². The number of benzene rings is 1. The largest absolute Gasteiger partial charge is 0.461 e. The minimum atomic E-state index is -0.0313. The van der Waals surface area contributed by atoms with Gasteiger partial charge in [0.2, 0.25) is 0 Å². The highest BCUT2D eigenvalue weighted by molar-refractivity contribution is 7.15. The van der Waals surface area contributed by atoms with Crippen molar-refractivity contribution in [2.75, 3.05) is 5.32 Å². The molecule has 3 aliphatic rings. The van der Waals surface area contributed by atoms with Gasteiger partial charge in [0.1, 0.15) is 6.10 Å². The smallest absolute Gasteiger partial charge is 0.309 e. The van der Waals surface area contributed by atoms with Gasteiger partial charge in [0, 0.05) is 22.6 Å². The lowest BCUT2D eigenvalue weighted by molar-refractivity contribution is -0.149. The van der Waals surface area contributed by atoms with Gasteiger partial charge in [-0.15, -0.1) is 11.3 Å². The zero-order valence-electron chi connectivity index (χ0n) is 16.7. The zero-order chi connectivity index (χ0) is 20.5. The van der Waals surface area contributed by atoms with Crippen molar-refractivity contribution in [2.24, 2.45) is 23.2 Å². The quantitative estimate of drug-likeness (QED) is 0.534. The van der Waals surface area contributed by atoms with Crippen LogP contribution in [0.2, 0.25) is 10.0 Å². The number of hydrogen-bond acceptors (Lipinski definition) is 5. The lowest BCUT2D eigenvalue weighted by atomic mass is 9.54. The SMILES string of the molecule is C[C@@H]1C(=O)O[C@H]2[C@H]1CC[C@@]1(C)Cc3sc(Nc4c(Cl)cccc4Cl)nc3[C@@H](C)[C@H]21. The summed E-state index contributed by atoms with van der Waals surface area (Å²) < 4.78 is 5.92. The Hall–Kier alpha value is -1.30. The minimum Gasteiger partial charge on any atom is -0.461 e. The summed E-state index contributed by atoms with van der Waals surface area (Å²) in [5, 5.41) is 5.30. The summed E-state index contributed by atoms with van der Waals surface area (Å²) in [7, 11) is 0. The molecule has 1 aromatic heterocycles. The van der Waals surface area contributed by atoms with E-state index in [-0.39, 0.29) is 29.3 Å². The van der Waals surface area contributed by atoms with E-state index in [4.69, 9.17) is 32.9 Å². The molecule has 5 rings (SSSR count). The normalized spacial score (nSPS) is 35.5. The van der Waals surface area contributed by atoms with Crippen molar-refractivity contribution in [3.8, 4) is 0 Å². The fourth-order valence-electron chi connectivity index (χ4n) is 5.86. The first kappa shape index (κ1) is 19.7. The average Bonchev–Trinajstić information content (AvgIpc) is 3.18. The summed E-state index contributed by atoms with van der Waals surface area (Å²) in [4.78, 5) is 18.5. The van der Waals surface area contributed by atoms with Crippen LogP contribution < -0.4 is 5.32 Å². The maximum absolute atomic E-state index is 12.3. The second-order valence-corrected chi connectivity index (χ2v) is 11.0. The van der Waals surface area contributed by atoms with E-state index in [1.165, 1.54) is 4.88 Å². The van der Waals surface area contributed by atoms with E-state index < -0.39 is 0 Å². The topological polar surface area (TPSA) is 51.2 Å². The van der Waals surface area contributed by atoms with Crippen LogP contribution in [0.5, 0.6) is 0 Å². The number of nitrogens with zero attached hydrogens (tertiary/aromatic N) is 1. The molecule has 154 valence electrons. The number of aromatic nitrogens is 1. The molecule has 4 nitrogen and oxygen atoms in total. The summed E-state index contributed by atoms with van der Waals surface area (Å²) in [5.74, 6) is 0.858. The molecule has 2 aromatic rings. The summed E-state index contributed by atoms with van der Waals surface area (Å²) in [6.45, 7) is 6.63. The lowest BCUT2D eigenvalue weighted by Crippen LogP contribution is -2.50. The van der Waals surface area contributed by atoms with E-state index >= 15 is 0 Å². The third-order valence-corrected chi connectivity index (χ3v) is 8.97. The van der Waals surface area contributed by atoms with Crippen LogP contribution in [-0.2, 0) is 16.0 Å². The van der Waals surface area contributed by atoms with E-state index in [1.54, 1.807) is 11.3 Å². The van der Waals surface area contributed by atoms with E-state index in [1.807, 2.05) is 25.1 Å². The number of halogens is 2. The molecular weight excluding hydrogens is 427 g/mol. The van der Waals surface area contributed by atoms with Crippen LogP contribution in [-0.4, -0.2) is 17.1 Å². The molecule has 2 aliphatic carbocycles. The molecule has 6 atom stereocenters. The van der Waals surface area contributed by atoms with Gasteiger partial charge in [-0.05, 0) is 36.8 Å². The van der Waals surface area contributed by atoms with Crippen LogP contribution in [0.1, 0.15) is 50.1 Å². The lowest BCUT2D eigenvalue weighted by Gasteiger charge is -2.51. The third-order valence-electron chi connectivity index (χ3n) is 7.35. The predicted octanol–water partition coefficient (Wildman–Crippen LogP) is 6.45. The highest BCUT2D eigenvalue weighted by Crippen LogP contribution is 2.59. The molecule has 7 heteroatoms. The van der Waals surface area contributed by atoms with Gasteiger partial charge >= 0.3 is 5.97 Å². The number of hydrogen-bond donors (Lipinski definition) is 1. The van der Waals surface area contributed by atoms with Gasteiger partial charge in [0.05, 0.1) is 27.3 Å². The van der Waals surface area contributed by atoms with Gasteiger partial charge in [0.25, 0.3) is 0 Å². The number of para-hydroxylation sites is 1. The first-order valence-electron chi connectivity index (χ1n) is 10.2. The zero-order valence-corrected chi connectivity index (χ0v) is 19.0. The fraction of sp³-hybridized carbons (Fsp3) is 0.545. The van der Waals surface area contributed by atoms with Gasteiger partial charge in [-0.2, -0.15) is 0 Å². The molecule has 1 aromatic carbocycles. The van der Waals surface area contributed by atoms with Crippen LogP contribution in [0.25, 0.3) is 0 Å². The standard InChI is InChI=1S/C22H24Cl2N2O2S/c1-10-12-7-8-22(3)9-15-17(11(2)16(22)19(12)28-20(10)27)25-21(29-15)26-18-13(23)5-4-6-14(18)24/h4-6,10-12,16,19H,7-9H2,1-3H3,(H,25,26)/t10-,11-,12-,16+,19-,22-/m0/s1. The molecule has 0 amide bonds. The maximum atomic E-state index is 12.3. The number of esters is 1. The Morgan fingerprint density at radius 2 is 1.97 bits per heavy atom. The molecule has 1 N–H and O–H groups in total. The molecule has 0 bridgehead atoms. The monoisotopic (exact) mass is 450 g/mol. The van der Waals surface area contributed by atoms with Crippen LogP contribution in [0, 0.1) is 23.2 Å². The second-order valence-electron chi connectivity index (χ2n) is 9.09. The summed E-state index contributed by atoms with van der Waals surface area (Å²) >= 11 is 14.3. The molecule has 0 spiro atoms. The number of anilines is 2. The summed E-state index contributed by atoms with van der Waals surface area (Å²) in [6, 6.07) is 5.46. The van der Waals surface area contributed by atoms with Crippen LogP contribution in [0.15, 0.2) is 18.2 Å².